The van der Waals surface area contributed by atoms with E-state index in [9.17, 15) is 0 Å². The Kier molecular flexibility index (Phi) is 3.81. The van der Waals surface area contributed by atoms with Crippen LogP contribution in [-0.4, -0.2) is 43.7 Å². The van der Waals surface area contributed by atoms with E-state index in [0.29, 0.717) is 6.04 Å². The molecule has 0 saturated carbocycles. The van der Waals surface area contributed by atoms with Gasteiger partial charge in [-0.25, -0.2) is 0 Å². The molecule has 4 rings (SSSR count). The van der Waals surface area contributed by atoms with Gasteiger partial charge in [0.25, 0.3) is 0 Å². The number of ether oxygens (including phenoxy) is 1. The lowest BCUT2D eigenvalue weighted by molar-refractivity contribution is 0.0710. The number of piperidine rings is 3. The highest BCUT2D eigenvalue weighted by atomic mass is 16.5. The second-order valence-electron chi connectivity index (χ2n) is 5.36. The van der Waals surface area contributed by atoms with Gasteiger partial charge in [0.2, 0.25) is 0 Å². The standard InChI is InChI=1S/C15H22N2O/c1-2-4-14(5-3-1)18-11-8-16-15-12-17-9-6-13(15)7-10-17/h1-5,13,15-16H,6-12H2. The zero-order valence-electron chi connectivity index (χ0n) is 10.8. The van der Waals surface area contributed by atoms with Crippen molar-refractivity contribution < 1.29 is 4.74 Å². The summed E-state index contributed by atoms with van der Waals surface area (Å²) in [5.41, 5.74) is 0. The van der Waals surface area contributed by atoms with Crippen LogP contribution in [0.5, 0.6) is 5.75 Å². The van der Waals surface area contributed by atoms with Crippen LogP contribution in [0.15, 0.2) is 30.3 Å². The molecular weight excluding hydrogens is 224 g/mol. The van der Waals surface area contributed by atoms with Crippen molar-refractivity contribution in [3.63, 3.8) is 0 Å². The van der Waals surface area contributed by atoms with Crippen molar-refractivity contribution in [2.75, 3.05) is 32.8 Å². The molecule has 0 radical (unpaired) electrons. The van der Waals surface area contributed by atoms with Crippen molar-refractivity contribution in [1.29, 1.82) is 0 Å². The maximum Gasteiger partial charge on any atom is 0.119 e. The van der Waals surface area contributed by atoms with Crippen LogP contribution in [0.4, 0.5) is 0 Å². The second-order valence-corrected chi connectivity index (χ2v) is 5.36. The van der Waals surface area contributed by atoms with E-state index in [2.05, 4.69) is 10.2 Å². The summed E-state index contributed by atoms with van der Waals surface area (Å²) in [6.07, 6.45) is 2.74. The van der Waals surface area contributed by atoms with Crippen molar-refractivity contribution in [3.05, 3.63) is 30.3 Å². The highest BCUT2D eigenvalue weighted by Gasteiger charge is 2.33. The summed E-state index contributed by atoms with van der Waals surface area (Å²) in [6, 6.07) is 10.7. The van der Waals surface area contributed by atoms with Gasteiger partial charge in [0, 0.05) is 19.1 Å². The summed E-state index contributed by atoms with van der Waals surface area (Å²) >= 11 is 0. The summed E-state index contributed by atoms with van der Waals surface area (Å²) in [4.78, 5) is 2.58. The van der Waals surface area contributed by atoms with E-state index >= 15 is 0 Å². The van der Waals surface area contributed by atoms with E-state index in [1.54, 1.807) is 0 Å². The predicted octanol–water partition coefficient (Wildman–Crippen LogP) is 1.75. The first kappa shape index (κ1) is 12.0. The number of rotatable bonds is 5. The fourth-order valence-electron chi connectivity index (χ4n) is 3.13. The van der Waals surface area contributed by atoms with Crippen molar-refractivity contribution >= 4 is 0 Å². The van der Waals surface area contributed by atoms with Crippen molar-refractivity contribution in [2.45, 2.75) is 18.9 Å². The van der Waals surface area contributed by atoms with E-state index in [-0.39, 0.29) is 0 Å². The normalized spacial score (nSPS) is 30.3. The fourth-order valence-corrected chi connectivity index (χ4v) is 3.13. The fraction of sp³-hybridized carbons (Fsp3) is 0.600. The van der Waals surface area contributed by atoms with Gasteiger partial charge in [0.15, 0.2) is 0 Å². The number of fused-ring (bicyclic) bond motifs is 3. The quantitative estimate of drug-likeness (QED) is 0.801. The second kappa shape index (κ2) is 5.72. The third-order valence-corrected chi connectivity index (χ3v) is 4.18. The van der Waals surface area contributed by atoms with Gasteiger partial charge in [-0.2, -0.15) is 0 Å². The lowest BCUT2D eigenvalue weighted by Gasteiger charge is -2.45. The van der Waals surface area contributed by atoms with Gasteiger partial charge in [-0.1, -0.05) is 18.2 Å². The average Bonchev–Trinajstić information content (AvgIpc) is 2.46. The molecule has 3 aliphatic rings. The maximum absolute atomic E-state index is 5.70. The number of hydrogen-bond acceptors (Lipinski definition) is 3. The molecule has 1 atom stereocenters. The predicted molar refractivity (Wildman–Crippen MR) is 72.9 cm³/mol. The van der Waals surface area contributed by atoms with E-state index in [4.69, 9.17) is 4.74 Å². The van der Waals surface area contributed by atoms with Crippen LogP contribution in [-0.2, 0) is 0 Å². The summed E-state index contributed by atoms with van der Waals surface area (Å²) in [5.74, 6) is 1.86. The van der Waals surface area contributed by atoms with Gasteiger partial charge < -0.3 is 15.0 Å². The third-order valence-electron chi connectivity index (χ3n) is 4.18. The Morgan fingerprint density at radius 1 is 1.17 bits per heavy atom. The molecule has 98 valence electrons. The molecule has 0 amide bonds. The first-order valence-corrected chi connectivity index (χ1v) is 7.05. The molecule has 3 fully saturated rings. The number of benzene rings is 1. The molecule has 1 aromatic carbocycles. The van der Waals surface area contributed by atoms with Gasteiger partial charge >= 0.3 is 0 Å². The van der Waals surface area contributed by atoms with Crippen LogP contribution in [0.1, 0.15) is 12.8 Å². The molecule has 1 unspecified atom stereocenters. The SMILES string of the molecule is c1ccc(OCCNC2CN3CCC2CC3)cc1. The molecule has 3 aliphatic heterocycles. The molecule has 18 heavy (non-hydrogen) atoms. The Bertz CT molecular complexity index is 360. The highest BCUT2D eigenvalue weighted by molar-refractivity contribution is 5.20. The molecule has 0 aromatic heterocycles. The van der Waals surface area contributed by atoms with Crippen molar-refractivity contribution in [3.8, 4) is 5.75 Å². The average molecular weight is 246 g/mol. The Morgan fingerprint density at radius 2 is 1.94 bits per heavy atom. The summed E-state index contributed by atoms with van der Waals surface area (Å²) < 4.78 is 5.70. The molecule has 1 N–H and O–H groups in total. The zero-order valence-corrected chi connectivity index (χ0v) is 10.8. The highest BCUT2D eigenvalue weighted by Crippen LogP contribution is 2.27. The number of para-hydroxylation sites is 1. The third kappa shape index (κ3) is 2.85. The van der Waals surface area contributed by atoms with E-state index in [1.165, 1.54) is 32.5 Å². The molecule has 0 aliphatic carbocycles. The lowest BCUT2D eigenvalue weighted by atomic mass is 9.84. The summed E-state index contributed by atoms with van der Waals surface area (Å²) in [7, 11) is 0. The van der Waals surface area contributed by atoms with Gasteiger partial charge in [0.1, 0.15) is 12.4 Å². The molecule has 0 spiro atoms. The minimum absolute atomic E-state index is 0.687. The Hall–Kier alpha value is -1.06. The van der Waals surface area contributed by atoms with E-state index in [0.717, 1.165) is 24.8 Å². The van der Waals surface area contributed by atoms with E-state index < -0.39 is 0 Å². The van der Waals surface area contributed by atoms with Crippen LogP contribution >= 0.6 is 0 Å². The molecule has 2 bridgehead atoms. The van der Waals surface area contributed by atoms with Crippen LogP contribution < -0.4 is 10.1 Å². The van der Waals surface area contributed by atoms with Crippen LogP contribution in [0.2, 0.25) is 0 Å². The van der Waals surface area contributed by atoms with Crippen LogP contribution in [0.3, 0.4) is 0 Å². The van der Waals surface area contributed by atoms with Crippen molar-refractivity contribution in [2.24, 2.45) is 5.92 Å². The monoisotopic (exact) mass is 246 g/mol. The smallest absolute Gasteiger partial charge is 0.119 e. The number of nitrogens with zero attached hydrogens (tertiary/aromatic N) is 1. The summed E-state index contributed by atoms with van der Waals surface area (Å²) in [6.45, 7) is 5.56. The number of hydrogen-bond donors (Lipinski definition) is 1. The Labute approximate surface area is 109 Å². The Morgan fingerprint density at radius 3 is 2.61 bits per heavy atom. The van der Waals surface area contributed by atoms with Gasteiger partial charge in [-0.05, 0) is 44.0 Å². The Balaban J connectivity index is 1.38. The van der Waals surface area contributed by atoms with Crippen LogP contribution in [0.25, 0.3) is 0 Å². The van der Waals surface area contributed by atoms with Gasteiger partial charge in [-0.3, -0.25) is 0 Å². The molecule has 3 heterocycles. The largest absolute Gasteiger partial charge is 0.492 e. The first-order chi connectivity index (χ1) is 8.92. The minimum atomic E-state index is 0.687. The molecule has 3 saturated heterocycles. The lowest BCUT2D eigenvalue weighted by Crippen LogP contribution is -2.56. The molecular formula is C15H22N2O. The van der Waals surface area contributed by atoms with Crippen molar-refractivity contribution in [1.82, 2.24) is 10.2 Å². The molecule has 1 aromatic rings. The van der Waals surface area contributed by atoms with E-state index in [1.807, 2.05) is 30.3 Å². The van der Waals surface area contributed by atoms with Gasteiger partial charge in [0.05, 0.1) is 0 Å². The van der Waals surface area contributed by atoms with Crippen LogP contribution in [0, 0.1) is 5.92 Å². The molecule has 3 heteroatoms. The summed E-state index contributed by atoms with van der Waals surface area (Å²) in [5, 5.41) is 3.66. The molecule has 3 nitrogen and oxygen atoms in total. The maximum atomic E-state index is 5.70. The zero-order chi connectivity index (χ0) is 12.2. The first-order valence-electron chi connectivity index (χ1n) is 7.05. The number of nitrogens with one attached hydrogen (secondary N) is 1. The van der Waals surface area contributed by atoms with Gasteiger partial charge in [-0.15, -0.1) is 0 Å². The minimum Gasteiger partial charge on any atom is -0.492 e. The topological polar surface area (TPSA) is 24.5 Å².